The minimum Gasteiger partial charge on any atom is -0.489 e. The van der Waals surface area contributed by atoms with Gasteiger partial charge in [0, 0.05) is 35.2 Å². The van der Waals surface area contributed by atoms with Crippen LogP contribution in [0.1, 0.15) is 31.0 Å². The van der Waals surface area contributed by atoms with Crippen LogP contribution >= 0.6 is 0 Å². The van der Waals surface area contributed by atoms with Crippen molar-refractivity contribution in [2.45, 2.75) is 26.4 Å². The fourth-order valence-corrected chi connectivity index (χ4v) is 2.10. The number of fused-ring (bicyclic) bond motifs is 1. The summed E-state index contributed by atoms with van der Waals surface area (Å²) in [5, 5.41) is 1.21. The van der Waals surface area contributed by atoms with E-state index in [1.807, 2.05) is 12.1 Å². The maximum Gasteiger partial charge on any atom is 0.121 e. The van der Waals surface area contributed by atoms with Gasteiger partial charge in [-0.1, -0.05) is 13.8 Å². The van der Waals surface area contributed by atoms with Crippen molar-refractivity contribution in [3.63, 3.8) is 0 Å². The first kappa shape index (κ1) is 12.7. The van der Waals surface area contributed by atoms with Gasteiger partial charge in [0.2, 0.25) is 0 Å². The smallest absolute Gasteiger partial charge is 0.121 e. The van der Waals surface area contributed by atoms with Gasteiger partial charge >= 0.3 is 0 Å². The summed E-state index contributed by atoms with van der Waals surface area (Å²) in [4.78, 5) is 11.4. The molecule has 4 nitrogen and oxygen atoms in total. The van der Waals surface area contributed by atoms with Crippen LogP contribution in [0.3, 0.4) is 0 Å². The third kappa shape index (κ3) is 2.64. The van der Waals surface area contributed by atoms with Crippen LogP contribution in [-0.4, -0.2) is 15.0 Å². The summed E-state index contributed by atoms with van der Waals surface area (Å²) in [7, 11) is 0. The van der Waals surface area contributed by atoms with Crippen LogP contribution in [0.2, 0.25) is 0 Å². The molecular formula is C16H17N3O. The van der Waals surface area contributed by atoms with Crippen molar-refractivity contribution in [3.8, 4) is 5.75 Å². The zero-order valence-corrected chi connectivity index (χ0v) is 11.6. The Bertz CT molecular complexity index is 704. The number of aromatic amines is 1. The predicted octanol–water partition coefficient (Wildman–Crippen LogP) is 3.66. The summed E-state index contributed by atoms with van der Waals surface area (Å²) < 4.78 is 5.77. The summed E-state index contributed by atoms with van der Waals surface area (Å²) in [6.45, 7) is 4.83. The van der Waals surface area contributed by atoms with Crippen molar-refractivity contribution in [1.82, 2.24) is 15.0 Å². The molecule has 102 valence electrons. The average molecular weight is 267 g/mol. The molecule has 0 aliphatic heterocycles. The molecule has 0 amide bonds. The zero-order valence-electron chi connectivity index (χ0n) is 11.6. The molecule has 1 N–H and O–H groups in total. The molecule has 0 aliphatic rings. The van der Waals surface area contributed by atoms with Crippen LogP contribution in [0, 0.1) is 0 Å². The second-order valence-corrected chi connectivity index (χ2v) is 5.16. The van der Waals surface area contributed by atoms with E-state index in [0.29, 0.717) is 12.5 Å². The fraction of sp³-hybridized carbons (Fsp3) is 0.250. The normalized spacial score (nSPS) is 11.2. The highest BCUT2D eigenvalue weighted by Crippen LogP contribution is 2.25. The number of ether oxygens (including phenoxy) is 1. The molecule has 0 atom stereocenters. The Kier molecular flexibility index (Phi) is 3.37. The van der Waals surface area contributed by atoms with Gasteiger partial charge in [-0.15, -0.1) is 0 Å². The number of rotatable bonds is 4. The number of hydrogen-bond acceptors (Lipinski definition) is 3. The maximum absolute atomic E-state index is 5.77. The predicted molar refractivity (Wildman–Crippen MR) is 78.8 cm³/mol. The summed E-state index contributed by atoms with van der Waals surface area (Å²) in [5.74, 6) is 1.34. The molecule has 0 radical (unpaired) electrons. The highest BCUT2D eigenvalue weighted by Gasteiger charge is 2.05. The summed E-state index contributed by atoms with van der Waals surface area (Å²) in [6.07, 6.45) is 5.04. The Morgan fingerprint density at radius 3 is 2.70 bits per heavy atom. The van der Waals surface area contributed by atoms with Gasteiger partial charge in [-0.05, 0) is 29.5 Å². The van der Waals surface area contributed by atoms with Gasteiger partial charge in [-0.2, -0.15) is 0 Å². The summed E-state index contributed by atoms with van der Waals surface area (Å²) in [6, 6.07) is 8.29. The number of hydrogen-bond donors (Lipinski definition) is 1. The second kappa shape index (κ2) is 5.33. The minimum atomic E-state index is 0.476. The summed E-state index contributed by atoms with van der Waals surface area (Å²) in [5.41, 5.74) is 3.31. The third-order valence-electron chi connectivity index (χ3n) is 3.26. The van der Waals surface area contributed by atoms with E-state index < -0.39 is 0 Å². The van der Waals surface area contributed by atoms with Gasteiger partial charge in [0.15, 0.2) is 0 Å². The highest BCUT2D eigenvalue weighted by molar-refractivity contribution is 5.82. The Labute approximate surface area is 117 Å². The van der Waals surface area contributed by atoms with Gasteiger partial charge in [0.1, 0.15) is 18.7 Å². The van der Waals surface area contributed by atoms with Gasteiger partial charge in [0.05, 0.1) is 0 Å². The van der Waals surface area contributed by atoms with Crippen molar-refractivity contribution in [1.29, 1.82) is 0 Å². The number of nitrogens with one attached hydrogen (secondary N) is 1. The van der Waals surface area contributed by atoms with E-state index in [1.54, 1.807) is 12.4 Å². The zero-order chi connectivity index (χ0) is 13.9. The van der Waals surface area contributed by atoms with Crippen LogP contribution in [0.5, 0.6) is 5.75 Å². The number of H-pyrrole nitrogens is 1. The lowest BCUT2D eigenvalue weighted by Gasteiger charge is -2.05. The summed E-state index contributed by atoms with van der Waals surface area (Å²) >= 11 is 0. The van der Waals surface area contributed by atoms with Crippen LogP contribution in [0.4, 0.5) is 0 Å². The van der Waals surface area contributed by atoms with Crippen LogP contribution in [-0.2, 0) is 6.61 Å². The Morgan fingerprint density at radius 1 is 1.15 bits per heavy atom. The van der Waals surface area contributed by atoms with E-state index in [1.165, 1.54) is 17.4 Å². The first-order valence-electron chi connectivity index (χ1n) is 6.72. The highest BCUT2D eigenvalue weighted by atomic mass is 16.5. The molecule has 0 aliphatic carbocycles. The van der Waals surface area contributed by atoms with Crippen molar-refractivity contribution >= 4 is 10.9 Å². The molecule has 0 fully saturated rings. The molecule has 0 spiro atoms. The average Bonchev–Trinajstić information content (AvgIpc) is 2.89. The first-order chi connectivity index (χ1) is 9.72. The topological polar surface area (TPSA) is 50.8 Å². The molecule has 0 unspecified atom stereocenters. The van der Waals surface area contributed by atoms with E-state index in [-0.39, 0.29) is 0 Å². The van der Waals surface area contributed by atoms with Crippen molar-refractivity contribution in [3.05, 3.63) is 54.2 Å². The number of nitrogens with zero attached hydrogens (tertiary/aromatic N) is 2. The second-order valence-electron chi connectivity index (χ2n) is 5.16. The monoisotopic (exact) mass is 267 g/mol. The van der Waals surface area contributed by atoms with Gasteiger partial charge in [0.25, 0.3) is 0 Å². The Hall–Kier alpha value is -2.36. The molecule has 0 bridgehead atoms. The van der Waals surface area contributed by atoms with E-state index in [0.717, 1.165) is 16.8 Å². The molecule has 0 saturated carbocycles. The molecule has 20 heavy (non-hydrogen) atoms. The minimum absolute atomic E-state index is 0.476. The molecule has 2 aromatic heterocycles. The standard InChI is InChI=1S/C16H17N3O/c1-11(2)15-5-13-3-4-14(6-16(13)19-15)20-9-12-7-17-10-18-8-12/h3-8,10-11,19H,9H2,1-2H3. The molecule has 4 heteroatoms. The van der Waals surface area contributed by atoms with Crippen molar-refractivity contribution in [2.75, 3.05) is 0 Å². The molecule has 0 saturated heterocycles. The van der Waals surface area contributed by atoms with Crippen LogP contribution in [0.15, 0.2) is 43.0 Å². The third-order valence-corrected chi connectivity index (χ3v) is 3.26. The van der Waals surface area contributed by atoms with Crippen molar-refractivity contribution in [2.24, 2.45) is 0 Å². The van der Waals surface area contributed by atoms with E-state index in [2.05, 4.69) is 40.9 Å². The molecule has 3 aromatic rings. The van der Waals surface area contributed by atoms with Crippen LogP contribution < -0.4 is 4.74 Å². The van der Waals surface area contributed by atoms with Crippen molar-refractivity contribution < 1.29 is 4.74 Å². The fourth-order valence-electron chi connectivity index (χ4n) is 2.10. The Balaban J connectivity index is 1.78. The number of aromatic nitrogens is 3. The molecule has 2 heterocycles. The largest absolute Gasteiger partial charge is 0.489 e. The van der Waals surface area contributed by atoms with E-state index >= 15 is 0 Å². The van der Waals surface area contributed by atoms with Crippen LogP contribution in [0.25, 0.3) is 10.9 Å². The maximum atomic E-state index is 5.77. The Morgan fingerprint density at radius 2 is 1.95 bits per heavy atom. The van der Waals surface area contributed by atoms with E-state index in [9.17, 15) is 0 Å². The van der Waals surface area contributed by atoms with Gasteiger partial charge in [-0.3, -0.25) is 0 Å². The molecule has 1 aromatic carbocycles. The first-order valence-corrected chi connectivity index (χ1v) is 6.72. The van der Waals surface area contributed by atoms with Gasteiger partial charge in [-0.25, -0.2) is 9.97 Å². The molecular weight excluding hydrogens is 250 g/mol. The lowest BCUT2D eigenvalue weighted by molar-refractivity contribution is 0.305. The quantitative estimate of drug-likeness (QED) is 0.784. The van der Waals surface area contributed by atoms with Gasteiger partial charge < -0.3 is 9.72 Å². The van der Waals surface area contributed by atoms with E-state index in [4.69, 9.17) is 4.74 Å². The lowest BCUT2D eigenvalue weighted by atomic mass is 10.1. The SMILES string of the molecule is CC(C)c1cc2ccc(OCc3cncnc3)cc2[nH]1. The number of benzene rings is 1. The molecule has 3 rings (SSSR count). The lowest BCUT2D eigenvalue weighted by Crippen LogP contribution is -1.96.